The SMILES string of the molecule is CC1(CNC(=O)CSC(C)(C)C)CCCNC1. The van der Waals surface area contributed by atoms with Crippen LogP contribution in [0.2, 0.25) is 0 Å². The first-order valence-electron chi connectivity index (χ1n) is 6.42. The van der Waals surface area contributed by atoms with Crippen molar-refractivity contribution in [1.29, 1.82) is 0 Å². The molecule has 2 N–H and O–H groups in total. The Hall–Kier alpha value is -0.220. The summed E-state index contributed by atoms with van der Waals surface area (Å²) in [4.78, 5) is 11.7. The van der Waals surface area contributed by atoms with Gasteiger partial charge in [0.1, 0.15) is 0 Å². The molecule has 0 bridgehead atoms. The van der Waals surface area contributed by atoms with Crippen molar-refractivity contribution in [2.24, 2.45) is 5.41 Å². The molecule has 1 saturated heterocycles. The third-order valence-electron chi connectivity index (χ3n) is 3.03. The molecule has 4 heteroatoms. The Balaban J connectivity index is 2.23. The number of nitrogens with one attached hydrogen (secondary N) is 2. The molecule has 1 atom stereocenters. The number of hydrogen-bond acceptors (Lipinski definition) is 3. The maximum absolute atomic E-state index is 11.7. The van der Waals surface area contributed by atoms with Gasteiger partial charge in [-0.05, 0) is 24.8 Å². The number of hydrogen-bond donors (Lipinski definition) is 2. The highest BCUT2D eigenvalue weighted by molar-refractivity contribution is 8.01. The molecule has 0 aliphatic carbocycles. The van der Waals surface area contributed by atoms with Gasteiger partial charge in [0.25, 0.3) is 0 Å². The molecule has 1 heterocycles. The summed E-state index contributed by atoms with van der Waals surface area (Å²) in [5.41, 5.74) is 0.236. The smallest absolute Gasteiger partial charge is 0.230 e. The van der Waals surface area contributed by atoms with E-state index in [9.17, 15) is 4.79 Å². The zero-order chi connectivity index (χ0) is 12.9. The molecule has 0 radical (unpaired) electrons. The van der Waals surface area contributed by atoms with Crippen LogP contribution in [0.1, 0.15) is 40.5 Å². The maximum Gasteiger partial charge on any atom is 0.230 e. The van der Waals surface area contributed by atoms with Crippen LogP contribution in [0.4, 0.5) is 0 Å². The average Bonchev–Trinajstić information content (AvgIpc) is 2.24. The van der Waals surface area contributed by atoms with E-state index in [-0.39, 0.29) is 16.1 Å². The lowest BCUT2D eigenvalue weighted by Crippen LogP contribution is -2.46. The summed E-state index contributed by atoms with van der Waals surface area (Å²) in [5.74, 6) is 0.726. The molecular weight excluding hydrogens is 232 g/mol. The molecule has 100 valence electrons. The Morgan fingerprint density at radius 3 is 2.71 bits per heavy atom. The summed E-state index contributed by atoms with van der Waals surface area (Å²) < 4.78 is 0.160. The lowest BCUT2D eigenvalue weighted by molar-refractivity contribution is -0.119. The number of rotatable bonds is 4. The van der Waals surface area contributed by atoms with Crippen molar-refractivity contribution in [1.82, 2.24) is 10.6 Å². The van der Waals surface area contributed by atoms with Crippen LogP contribution in [0.25, 0.3) is 0 Å². The number of amides is 1. The molecule has 1 aliphatic rings. The zero-order valence-electron chi connectivity index (χ0n) is 11.6. The molecule has 1 aliphatic heterocycles. The van der Waals surface area contributed by atoms with Crippen LogP contribution in [0.15, 0.2) is 0 Å². The Morgan fingerprint density at radius 2 is 2.18 bits per heavy atom. The Kier molecular flexibility index (Phi) is 5.32. The summed E-state index contributed by atoms with van der Waals surface area (Å²) in [7, 11) is 0. The van der Waals surface area contributed by atoms with Gasteiger partial charge in [-0.3, -0.25) is 4.79 Å². The fraction of sp³-hybridized carbons (Fsp3) is 0.923. The molecule has 1 amide bonds. The van der Waals surface area contributed by atoms with Crippen molar-refractivity contribution >= 4 is 17.7 Å². The average molecular weight is 258 g/mol. The van der Waals surface area contributed by atoms with E-state index in [1.807, 2.05) is 0 Å². The second-order valence-electron chi connectivity index (χ2n) is 6.27. The minimum absolute atomic E-state index is 0.160. The first-order chi connectivity index (χ1) is 7.81. The van der Waals surface area contributed by atoms with Crippen LogP contribution in [-0.2, 0) is 4.79 Å². The first kappa shape index (κ1) is 14.8. The number of carbonyl (C=O) groups excluding carboxylic acids is 1. The number of carbonyl (C=O) groups is 1. The Bertz CT molecular complexity index is 255. The second-order valence-corrected chi connectivity index (χ2v) is 8.07. The highest BCUT2D eigenvalue weighted by Crippen LogP contribution is 2.25. The Labute approximate surface area is 109 Å². The van der Waals surface area contributed by atoms with Crippen LogP contribution < -0.4 is 10.6 Å². The highest BCUT2D eigenvalue weighted by Gasteiger charge is 2.27. The van der Waals surface area contributed by atoms with Gasteiger partial charge in [0.05, 0.1) is 5.75 Å². The fourth-order valence-corrected chi connectivity index (χ4v) is 2.58. The molecule has 17 heavy (non-hydrogen) atoms. The molecule has 0 aromatic rings. The minimum Gasteiger partial charge on any atom is -0.355 e. The van der Waals surface area contributed by atoms with Crippen molar-refractivity contribution in [2.45, 2.75) is 45.3 Å². The van der Waals surface area contributed by atoms with Gasteiger partial charge in [0.2, 0.25) is 5.91 Å². The number of piperidine rings is 1. The van der Waals surface area contributed by atoms with Crippen molar-refractivity contribution in [2.75, 3.05) is 25.4 Å². The van der Waals surface area contributed by atoms with Crippen LogP contribution in [0, 0.1) is 5.41 Å². The molecule has 0 aromatic carbocycles. The lowest BCUT2D eigenvalue weighted by atomic mass is 9.83. The van der Waals surface area contributed by atoms with E-state index < -0.39 is 0 Å². The Morgan fingerprint density at radius 1 is 1.47 bits per heavy atom. The standard InChI is InChI=1S/C13H26N2OS/c1-12(2,3)17-8-11(16)15-10-13(4)6-5-7-14-9-13/h14H,5-10H2,1-4H3,(H,15,16). The first-order valence-corrected chi connectivity index (χ1v) is 7.41. The van der Waals surface area contributed by atoms with Gasteiger partial charge < -0.3 is 10.6 Å². The molecule has 0 saturated carbocycles. The minimum atomic E-state index is 0.160. The monoisotopic (exact) mass is 258 g/mol. The third kappa shape index (κ3) is 6.32. The van der Waals surface area contributed by atoms with Crippen LogP contribution in [0.3, 0.4) is 0 Å². The highest BCUT2D eigenvalue weighted by atomic mass is 32.2. The van der Waals surface area contributed by atoms with Crippen molar-refractivity contribution < 1.29 is 4.79 Å². The predicted octanol–water partition coefficient (Wildman–Crippen LogP) is 2.02. The van der Waals surface area contributed by atoms with Gasteiger partial charge in [0.15, 0.2) is 0 Å². The van der Waals surface area contributed by atoms with Gasteiger partial charge in [-0.25, -0.2) is 0 Å². The van der Waals surface area contributed by atoms with E-state index >= 15 is 0 Å². The van der Waals surface area contributed by atoms with E-state index in [1.54, 1.807) is 11.8 Å². The summed E-state index contributed by atoms with van der Waals surface area (Å²) in [5, 5.41) is 6.46. The normalized spacial score (nSPS) is 25.6. The van der Waals surface area contributed by atoms with Gasteiger partial charge in [-0.1, -0.05) is 27.7 Å². The van der Waals surface area contributed by atoms with Gasteiger partial charge >= 0.3 is 0 Å². The molecule has 1 rings (SSSR count). The molecule has 1 unspecified atom stereocenters. The molecule has 0 aromatic heterocycles. The third-order valence-corrected chi connectivity index (χ3v) is 4.31. The summed E-state index contributed by atoms with van der Waals surface area (Å²) >= 11 is 1.70. The van der Waals surface area contributed by atoms with Crippen LogP contribution in [0.5, 0.6) is 0 Å². The largest absolute Gasteiger partial charge is 0.355 e. The second kappa shape index (κ2) is 6.10. The fourth-order valence-electron chi connectivity index (χ4n) is 1.91. The quantitative estimate of drug-likeness (QED) is 0.810. The number of thioether (sulfide) groups is 1. The van der Waals surface area contributed by atoms with E-state index in [1.165, 1.54) is 12.8 Å². The van der Waals surface area contributed by atoms with Gasteiger partial charge in [0, 0.05) is 17.8 Å². The topological polar surface area (TPSA) is 41.1 Å². The van der Waals surface area contributed by atoms with Crippen LogP contribution in [-0.4, -0.2) is 36.0 Å². The van der Waals surface area contributed by atoms with Crippen LogP contribution >= 0.6 is 11.8 Å². The molecule has 3 nitrogen and oxygen atoms in total. The lowest BCUT2D eigenvalue weighted by Gasteiger charge is -2.34. The van der Waals surface area contributed by atoms with Gasteiger partial charge in [-0.15, -0.1) is 11.8 Å². The van der Waals surface area contributed by atoms with E-state index in [4.69, 9.17) is 0 Å². The summed E-state index contributed by atoms with van der Waals surface area (Å²) in [6.07, 6.45) is 2.41. The van der Waals surface area contributed by atoms with Crippen molar-refractivity contribution in [3.05, 3.63) is 0 Å². The zero-order valence-corrected chi connectivity index (χ0v) is 12.4. The van der Waals surface area contributed by atoms with Gasteiger partial charge in [-0.2, -0.15) is 0 Å². The summed E-state index contributed by atoms with van der Waals surface area (Å²) in [6, 6.07) is 0. The van der Waals surface area contributed by atoms with E-state index in [2.05, 4.69) is 38.3 Å². The maximum atomic E-state index is 11.7. The van der Waals surface area contributed by atoms with Crippen molar-refractivity contribution in [3.8, 4) is 0 Å². The summed E-state index contributed by atoms with van der Waals surface area (Å²) in [6.45, 7) is 11.6. The molecule has 0 spiro atoms. The van der Waals surface area contributed by atoms with E-state index in [0.29, 0.717) is 5.75 Å². The molecular formula is C13H26N2OS. The predicted molar refractivity (Wildman–Crippen MR) is 75.4 cm³/mol. The van der Waals surface area contributed by atoms with Crippen molar-refractivity contribution in [3.63, 3.8) is 0 Å². The molecule has 1 fully saturated rings. The van der Waals surface area contributed by atoms with E-state index in [0.717, 1.165) is 19.6 Å².